The van der Waals surface area contributed by atoms with Gasteiger partial charge in [0.15, 0.2) is 11.5 Å². The van der Waals surface area contributed by atoms with E-state index >= 15 is 0 Å². The summed E-state index contributed by atoms with van der Waals surface area (Å²) >= 11 is 1.61. The number of hydrogen-bond acceptors (Lipinski definition) is 6. The number of nitrogens with zero attached hydrogens (tertiary/aromatic N) is 2. The van der Waals surface area contributed by atoms with Crippen molar-refractivity contribution in [2.24, 2.45) is 0 Å². The van der Waals surface area contributed by atoms with E-state index in [1.807, 2.05) is 54.5 Å². The predicted molar refractivity (Wildman–Crippen MR) is 151 cm³/mol. The number of carbonyl (C=O) groups excluding carboxylic acids is 2. The first kappa shape index (κ1) is 28.8. The monoisotopic (exact) mass is 539 g/mol. The Balaban J connectivity index is 1.74. The molecule has 3 amide bonds. The zero-order valence-corrected chi connectivity index (χ0v) is 23.5. The number of amides is 3. The number of urea groups is 1. The van der Waals surface area contributed by atoms with Gasteiger partial charge in [-0.05, 0) is 73.2 Å². The van der Waals surface area contributed by atoms with E-state index in [4.69, 9.17) is 14.2 Å². The summed E-state index contributed by atoms with van der Waals surface area (Å²) in [6.45, 7) is 4.92. The maximum absolute atomic E-state index is 13.6. The van der Waals surface area contributed by atoms with E-state index in [-0.39, 0.29) is 24.5 Å². The van der Waals surface area contributed by atoms with E-state index in [1.54, 1.807) is 61.8 Å². The molecule has 0 radical (unpaired) electrons. The van der Waals surface area contributed by atoms with Crippen LogP contribution in [0.25, 0.3) is 0 Å². The summed E-state index contributed by atoms with van der Waals surface area (Å²) < 4.78 is 16.0. The van der Waals surface area contributed by atoms with Gasteiger partial charge < -0.3 is 29.3 Å². The van der Waals surface area contributed by atoms with E-state index in [1.165, 1.54) is 0 Å². The van der Waals surface area contributed by atoms with E-state index < -0.39 is 0 Å². The maximum Gasteiger partial charge on any atom is 0.322 e. The maximum atomic E-state index is 13.6. The Morgan fingerprint density at radius 1 is 0.974 bits per heavy atom. The van der Waals surface area contributed by atoms with Crippen LogP contribution in [0, 0.1) is 0 Å². The van der Waals surface area contributed by atoms with Crippen LogP contribution in [0.1, 0.15) is 30.7 Å². The highest BCUT2D eigenvalue weighted by Crippen LogP contribution is 2.28. The number of carbonyl (C=O) groups is 2. The number of hydrogen-bond donors (Lipinski definition) is 1. The number of methoxy groups -OCH3 is 3. The molecular weight excluding hydrogens is 502 g/mol. The summed E-state index contributed by atoms with van der Waals surface area (Å²) in [5, 5.41) is 4.92. The van der Waals surface area contributed by atoms with Crippen LogP contribution in [-0.4, -0.2) is 62.2 Å². The summed E-state index contributed by atoms with van der Waals surface area (Å²) in [4.78, 5) is 31.4. The van der Waals surface area contributed by atoms with Crippen molar-refractivity contribution >= 4 is 29.0 Å². The Morgan fingerprint density at radius 3 is 2.32 bits per heavy atom. The summed E-state index contributed by atoms with van der Waals surface area (Å²) in [5.41, 5.74) is 1.67. The Hall–Kier alpha value is -3.72. The second kappa shape index (κ2) is 14.3. The Morgan fingerprint density at radius 2 is 1.71 bits per heavy atom. The molecule has 0 bridgehead atoms. The van der Waals surface area contributed by atoms with Gasteiger partial charge in [0.05, 0.1) is 27.9 Å². The van der Waals surface area contributed by atoms with Gasteiger partial charge in [0, 0.05) is 23.2 Å². The molecule has 1 aromatic heterocycles. The van der Waals surface area contributed by atoms with Gasteiger partial charge in [0.2, 0.25) is 5.91 Å². The summed E-state index contributed by atoms with van der Waals surface area (Å²) in [7, 11) is 4.80. The molecule has 0 spiro atoms. The van der Waals surface area contributed by atoms with Gasteiger partial charge in [0.25, 0.3) is 0 Å². The fourth-order valence-corrected chi connectivity index (χ4v) is 4.67. The van der Waals surface area contributed by atoms with E-state index in [9.17, 15) is 9.59 Å². The first-order valence-corrected chi connectivity index (χ1v) is 13.5. The molecule has 1 unspecified atom stereocenters. The molecule has 3 rings (SSSR count). The molecular formula is C29H37N3O5S. The zero-order valence-electron chi connectivity index (χ0n) is 22.7. The van der Waals surface area contributed by atoms with Crippen molar-refractivity contribution in [2.45, 2.75) is 39.3 Å². The van der Waals surface area contributed by atoms with Crippen LogP contribution in [-0.2, 0) is 17.8 Å². The van der Waals surface area contributed by atoms with Gasteiger partial charge in [-0.2, -0.15) is 0 Å². The molecule has 0 fully saturated rings. The van der Waals surface area contributed by atoms with E-state index in [2.05, 4.69) is 5.32 Å². The lowest BCUT2D eigenvalue weighted by atomic mass is 10.1. The van der Waals surface area contributed by atoms with Crippen LogP contribution in [0.15, 0.2) is 60.0 Å². The standard InChI is InChI=1S/C29H37N3O5S/c1-6-21(2)32(29(34)30-23-10-12-24(35-3)13-11-23)20-28(33)31(19-25-8-7-17-38-25)16-15-22-9-14-26(36-4)27(18-22)37-5/h7-14,17-18,21H,6,15-16,19-20H2,1-5H3,(H,30,34). The van der Waals surface area contributed by atoms with Crippen molar-refractivity contribution in [3.05, 3.63) is 70.4 Å². The third-order valence-electron chi connectivity index (χ3n) is 6.43. The number of anilines is 1. The molecule has 3 aromatic rings. The van der Waals surface area contributed by atoms with Gasteiger partial charge in [-0.25, -0.2) is 4.79 Å². The third kappa shape index (κ3) is 7.89. The fourth-order valence-electron chi connectivity index (χ4n) is 3.95. The molecule has 204 valence electrons. The highest BCUT2D eigenvalue weighted by molar-refractivity contribution is 7.09. The van der Waals surface area contributed by atoms with Crippen LogP contribution in [0.4, 0.5) is 10.5 Å². The molecule has 9 heteroatoms. The number of rotatable bonds is 13. The van der Waals surface area contributed by atoms with E-state index in [0.29, 0.717) is 42.4 Å². The van der Waals surface area contributed by atoms with Gasteiger partial charge in [-0.15, -0.1) is 11.3 Å². The average molecular weight is 540 g/mol. The first-order chi connectivity index (χ1) is 18.4. The van der Waals surface area contributed by atoms with Crippen LogP contribution in [0.2, 0.25) is 0 Å². The topological polar surface area (TPSA) is 80.3 Å². The zero-order chi connectivity index (χ0) is 27.5. The van der Waals surface area contributed by atoms with Gasteiger partial charge >= 0.3 is 6.03 Å². The van der Waals surface area contributed by atoms with Gasteiger partial charge in [-0.1, -0.05) is 19.1 Å². The molecule has 0 aliphatic heterocycles. The van der Waals surface area contributed by atoms with Gasteiger partial charge in [-0.3, -0.25) is 4.79 Å². The Bertz CT molecular complexity index is 1170. The van der Waals surface area contributed by atoms with Crippen molar-refractivity contribution in [2.75, 3.05) is 39.7 Å². The van der Waals surface area contributed by atoms with Crippen molar-refractivity contribution in [3.63, 3.8) is 0 Å². The minimum Gasteiger partial charge on any atom is -0.497 e. The second-order valence-corrected chi connectivity index (χ2v) is 9.91. The smallest absolute Gasteiger partial charge is 0.322 e. The molecule has 1 heterocycles. The first-order valence-electron chi connectivity index (χ1n) is 12.6. The third-order valence-corrected chi connectivity index (χ3v) is 7.29. The minimum absolute atomic E-state index is 0.0195. The molecule has 0 aliphatic rings. The van der Waals surface area contributed by atoms with Crippen molar-refractivity contribution in [3.8, 4) is 17.2 Å². The van der Waals surface area contributed by atoms with Crippen LogP contribution < -0.4 is 19.5 Å². The molecule has 1 N–H and O–H groups in total. The largest absolute Gasteiger partial charge is 0.497 e. The molecule has 8 nitrogen and oxygen atoms in total. The van der Waals surface area contributed by atoms with E-state index in [0.717, 1.165) is 16.9 Å². The molecule has 1 atom stereocenters. The normalized spacial score (nSPS) is 11.4. The van der Waals surface area contributed by atoms with Crippen LogP contribution >= 0.6 is 11.3 Å². The lowest BCUT2D eigenvalue weighted by Crippen LogP contribution is -2.48. The predicted octanol–water partition coefficient (Wildman–Crippen LogP) is 5.68. The summed E-state index contributed by atoms with van der Waals surface area (Å²) in [6, 6.07) is 16.5. The average Bonchev–Trinajstić information content (AvgIpc) is 3.46. The number of thiophene rings is 1. The minimum atomic E-state index is -0.311. The highest BCUT2D eigenvalue weighted by atomic mass is 32.1. The quantitative estimate of drug-likeness (QED) is 0.302. The van der Waals surface area contributed by atoms with Crippen molar-refractivity contribution < 1.29 is 23.8 Å². The Kier molecular flexibility index (Phi) is 10.8. The molecule has 2 aromatic carbocycles. The molecule has 0 saturated heterocycles. The number of ether oxygens (including phenoxy) is 3. The number of nitrogens with one attached hydrogen (secondary N) is 1. The fraction of sp³-hybridized carbons (Fsp3) is 0.379. The summed E-state index contributed by atoms with van der Waals surface area (Å²) in [6.07, 6.45) is 1.36. The van der Waals surface area contributed by atoms with Gasteiger partial charge in [0.1, 0.15) is 12.3 Å². The number of benzene rings is 2. The lowest BCUT2D eigenvalue weighted by Gasteiger charge is -2.31. The highest BCUT2D eigenvalue weighted by Gasteiger charge is 2.25. The Labute approximate surface area is 229 Å². The van der Waals surface area contributed by atoms with Crippen molar-refractivity contribution in [1.29, 1.82) is 0 Å². The second-order valence-electron chi connectivity index (χ2n) is 8.88. The lowest BCUT2D eigenvalue weighted by molar-refractivity contribution is -0.132. The van der Waals surface area contributed by atoms with Crippen LogP contribution in [0.5, 0.6) is 17.2 Å². The van der Waals surface area contributed by atoms with Crippen molar-refractivity contribution in [1.82, 2.24) is 9.80 Å². The molecule has 0 aliphatic carbocycles. The molecule has 0 saturated carbocycles. The van der Waals surface area contributed by atoms with Crippen LogP contribution in [0.3, 0.4) is 0 Å². The SMILES string of the molecule is CCC(C)N(CC(=O)N(CCc1ccc(OC)c(OC)c1)Cc1cccs1)C(=O)Nc1ccc(OC)cc1. The molecule has 38 heavy (non-hydrogen) atoms. The summed E-state index contributed by atoms with van der Waals surface area (Å²) in [5.74, 6) is 1.91.